The molecule has 192 valence electrons. The number of para-hydroxylation sites is 2. The highest BCUT2D eigenvalue weighted by Crippen LogP contribution is 2.30. The molecule has 0 bridgehead atoms. The van der Waals surface area contributed by atoms with Crippen LogP contribution >= 0.6 is 0 Å². The van der Waals surface area contributed by atoms with Crippen LogP contribution in [0.25, 0.3) is 0 Å². The Morgan fingerprint density at radius 1 is 1.03 bits per heavy atom. The number of rotatable bonds is 12. The molecule has 1 N–H and O–H groups in total. The lowest BCUT2D eigenvalue weighted by Gasteiger charge is -2.32. The van der Waals surface area contributed by atoms with Gasteiger partial charge in [0.1, 0.15) is 18.3 Å². The Morgan fingerprint density at radius 3 is 2.23 bits per heavy atom. The van der Waals surface area contributed by atoms with Crippen LogP contribution in [-0.2, 0) is 26.2 Å². The Bertz CT molecular complexity index is 1100. The van der Waals surface area contributed by atoms with Crippen molar-refractivity contribution in [1.29, 1.82) is 0 Å². The van der Waals surface area contributed by atoms with E-state index < -0.39 is 28.5 Å². The third kappa shape index (κ3) is 8.28. The topological polar surface area (TPSA) is 96.0 Å². The van der Waals surface area contributed by atoms with Gasteiger partial charge < -0.3 is 15.0 Å². The number of nitrogens with zero attached hydrogens (tertiary/aromatic N) is 2. The van der Waals surface area contributed by atoms with Gasteiger partial charge in [-0.3, -0.25) is 13.9 Å². The Morgan fingerprint density at radius 2 is 1.66 bits per heavy atom. The molecule has 0 spiro atoms. The largest absolute Gasteiger partial charge is 0.492 e. The van der Waals surface area contributed by atoms with E-state index >= 15 is 0 Å². The number of ether oxygens (including phenoxy) is 1. The van der Waals surface area contributed by atoms with Crippen LogP contribution in [0.5, 0.6) is 5.75 Å². The van der Waals surface area contributed by atoms with Crippen molar-refractivity contribution in [1.82, 2.24) is 10.2 Å². The molecule has 0 aliphatic rings. The van der Waals surface area contributed by atoms with E-state index in [1.54, 1.807) is 38.1 Å². The number of nitrogens with one attached hydrogen (secondary N) is 1. The molecule has 0 saturated heterocycles. The first-order chi connectivity index (χ1) is 16.4. The number of carbonyl (C=O) groups is 2. The van der Waals surface area contributed by atoms with Crippen LogP contribution in [0.1, 0.15) is 38.8 Å². The summed E-state index contributed by atoms with van der Waals surface area (Å²) in [5.74, 6) is -0.168. The highest BCUT2D eigenvalue weighted by atomic mass is 32.2. The number of carbonyl (C=O) groups excluding carboxylic acids is 2. The maximum atomic E-state index is 13.6. The SMILES string of the molecule is CCOc1ccccc1N(CC(=O)N(Cc1ccc(C)cc1)[C@H](C)C(=O)NCC(C)C)S(C)(=O)=O. The van der Waals surface area contributed by atoms with Gasteiger partial charge in [-0.05, 0) is 44.4 Å². The van der Waals surface area contributed by atoms with Gasteiger partial charge in [0, 0.05) is 13.1 Å². The second kappa shape index (κ2) is 12.6. The zero-order chi connectivity index (χ0) is 26.2. The second-order valence-electron chi connectivity index (χ2n) is 8.99. The van der Waals surface area contributed by atoms with E-state index in [4.69, 9.17) is 4.74 Å². The molecule has 2 amide bonds. The lowest BCUT2D eigenvalue weighted by molar-refractivity contribution is -0.139. The van der Waals surface area contributed by atoms with E-state index in [0.717, 1.165) is 21.7 Å². The maximum Gasteiger partial charge on any atom is 0.244 e. The molecule has 0 heterocycles. The molecular formula is C26H37N3O5S. The highest BCUT2D eigenvalue weighted by molar-refractivity contribution is 7.92. The number of anilines is 1. The summed E-state index contributed by atoms with van der Waals surface area (Å²) >= 11 is 0. The van der Waals surface area contributed by atoms with Gasteiger partial charge in [0.05, 0.1) is 18.6 Å². The maximum absolute atomic E-state index is 13.6. The van der Waals surface area contributed by atoms with Crippen molar-refractivity contribution in [2.45, 2.75) is 47.2 Å². The summed E-state index contributed by atoms with van der Waals surface area (Å²) in [6, 6.07) is 13.5. The summed E-state index contributed by atoms with van der Waals surface area (Å²) in [4.78, 5) is 27.9. The van der Waals surface area contributed by atoms with Gasteiger partial charge in [0.25, 0.3) is 0 Å². The van der Waals surface area contributed by atoms with Crippen molar-refractivity contribution in [3.63, 3.8) is 0 Å². The van der Waals surface area contributed by atoms with E-state index in [9.17, 15) is 18.0 Å². The summed E-state index contributed by atoms with van der Waals surface area (Å²) in [5, 5.41) is 2.87. The number of hydrogen-bond donors (Lipinski definition) is 1. The first kappa shape index (κ1) is 28.2. The van der Waals surface area contributed by atoms with Crippen LogP contribution in [0.4, 0.5) is 5.69 Å². The van der Waals surface area contributed by atoms with Crippen molar-refractivity contribution >= 4 is 27.5 Å². The predicted molar refractivity (Wildman–Crippen MR) is 139 cm³/mol. The Balaban J connectivity index is 2.40. The van der Waals surface area contributed by atoms with Crippen LogP contribution in [0.3, 0.4) is 0 Å². The molecule has 0 aliphatic carbocycles. The summed E-state index contributed by atoms with van der Waals surface area (Å²) in [7, 11) is -3.83. The average molecular weight is 504 g/mol. The molecule has 0 radical (unpaired) electrons. The Labute approximate surface area is 209 Å². The lowest BCUT2D eigenvalue weighted by atomic mass is 10.1. The van der Waals surface area contributed by atoms with Gasteiger partial charge in [-0.2, -0.15) is 0 Å². The molecule has 8 nitrogen and oxygen atoms in total. The molecule has 0 aliphatic heterocycles. The number of aryl methyl sites for hydroxylation is 1. The third-order valence-corrected chi connectivity index (χ3v) is 6.56. The average Bonchev–Trinajstić information content (AvgIpc) is 2.80. The minimum Gasteiger partial charge on any atom is -0.492 e. The molecular weight excluding hydrogens is 466 g/mol. The fourth-order valence-electron chi connectivity index (χ4n) is 3.46. The third-order valence-electron chi connectivity index (χ3n) is 5.44. The van der Waals surface area contributed by atoms with E-state index in [0.29, 0.717) is 18.9 Å². The molecule has 0 unspecified atom stereocenters. The van der Waals surface area contributed by atoms with Crippen molar-refractivity contribution in [2.24, 2.45) is 5.92 Å². The predicted octanol–water partition coefficient (Wildman–Crippen LogP) is 3.35. The molecule has 2 aromatic rings. The van der Waals surface area contributed by atoms with Gasteiger partial charge in [-0.1, -0.05) is 55.8 Å². The molecule has 0 fully saturated rings. The van der Waals surface area contributed by atoms with Gasteiger partial charge in [-0.15, -0.1) is 0 Å². The molecule has 2 aromatic carbocycles. The van der Waals surface area contributed by atoms with Crippen LogP contribution in [0.2, 0.25) is 0 Å². The number of amides is 2. The number of hydrogen-bond acceptors (Lipinski definition) is 5. The molecule has 1 atom stereocenters. The molecule has 35 heavy (non-hydrogen) atoms. The second-order valence-corrected chi connectivity index (χ2v) is 10.9. The molecule has 0 aromatic heterocycles. The Hall–Kier alpha value is -3.07. The standard InChI is InChI=1S/C26H37N3O5S/c1-7-34-24-11-9-8-10-23(24)29(35(6,32)33)18-25(30)28(17-22-14-12-20(4)13-15-22)21(5)26(31)27-16-19(2)3/h8-15,19,21H,7,16-18H2,1-6H3,(H,27,31)/t21-/m1/s1. The van der Waals surface area contributed by atoms with Crippen LogP contribution in [0, 0.1) is 12.8 Å². The van der Waals surface area contributed by atoms with E-state index in [1.165, 1.54) is 4.90 Å². The number of benzene rings is 2. The number of sulfonamides is 1. The van der Waals surface area contributed by atoms with Gasteiger partial charge in [0.15, 0.2) is 0 Å². The van der Waals surface area contributed by atoms with E-state index in [-0.39, 0.29) is 24.1 Å². The minimum absolute atomic E-state index is 0.167. The zero-order valence-corrected chi connectivity index (χ0v) is 22.3. The normalized spacial score (nSPS) is 12.2. The van der Waals surface area contributed by atoms with E-state index in [1.807, 2.05) is 45.0 Å². The fourth-order valence-corrected chi connectivity index (χ4v) is 4.31. The molecule has 0 saturated carbocycles. The van der Waals surface area contributed by atoms with Crippen LogP contribution < -0.4 is 14.4 Å². The first-order valence-electron chi connectivity index (χ1n) is 11.8. The summed E-state index contributed by atoms with van der Waals surface area (Å²) in [6.45, 7) is 9.92. The van der Waals surface area contributed by atoms with Crippen LogP contribution in [-0.4, -0.2) is 57.1 Å². The Kier molecular flexibility index (Phi) is 10.1. The van der Waals surface area contributed by atoms with Crippen molar-refractivity contribution < 1.29 is 22.7 Å². The van der Waals surface area contributed by atoms with Crippen LogP contribution in [0.15, 0.2) is 48.5 Å². The summed E-state index contributed by atoms with van der Waals surface area (Å²) in [6.07, 6.45) is 1.05. The van der Waals surface area contributed by atoms with Gasteiger partial charge >= 0.3 is 0 Å². The molecule has 9 heteroatoms. The van der Waals surface area contributed by atoms with Crippen molar-refractivity contribution in [3.05, 3.63) is 59.7 Å². The quantitative estimate of drug-likeness (QED) is 0.479. The smallest absolute Gasteiger partial charge is 0.244 e. The first-order valence-corrected chi connectivity index (χ1v) is 13.6. The molecule has 2 rings (SSSR count). The minimum atomic E-state index is -3.83. The van der Waals surface area contributed by atoms with Crippen molar-refractivity contribution in [2.75, 3.05) is 30.3 Å². The van der Waals surface area contributed by atoms with Gasteiger partial charge in [0.2, 0.25) is 21.8 Å². The fraction of sp³-hybridized carbons (Fsp3) is 0.462. The highest BCUT2D eigenvalue weighted by Gasteiger charge is 2.31. The zero-order valence-electron chi connectivity index (χ0n) is 21.4. The van der Waals surface area contributed by atoms with E-state index in [2.05, 4.69) is 5.32 Å². The summed E-state index contributed by atoms with van der Waals surface area (Å²) in [5.41, 5.74) is 2.19. The summed E-state index contributed by atoms with van der Waals surface area (Å²) < 4.78 is 32.1. The lowest BCUT2D eigenvalue weighted by Crippen LogP contribution is -2.51. The monoisotopic (exact) mass is 503 g/mol. The van der Waals surface area contributed by atoms with Crippen molar-refractivity contribution in [3.8, 4) is 5.75 Å². The van der Waals surface area contributed by atoms with Gasteiger partial charge in [-0.25, -0.2) is 8.42 Å².